The molecule has 0 radical (unpaired) electrons. The van der Waals surface area contributed by atoms with Gasteiger partial charge in [-0.3, -0.25) is 9.59 Å². The molecule has 1 amide bonds. The number of aromatic nitrogens is 1. The molecular weight excluding hydrogens is 280 g/mol. The van der Waals surface area contributed by atoms with Crippen molar-refractivity contribution in [2.75, 3.05) is 6.54 Å². The van der Waals surface area contributed by atoms with Gasteiger partial charge in [0.15, 0.2) is 0 Å². The molecule has 2 heterocycles. The molecule has 3 rings (SSSR count). The summed E-state index contributed by atoms with van der Waals surface area (Å²) in [5.41, 5.74) is 1.02. The lowest BCUT2D eigenvalue weighted by atomic mass is 9.93. The Bertz CT molecular complexity index is 707. The van der Waals surface area contributed by atoms with Crippen LogP contribution in [0.2, 0.25) is 0 Å². The van der Waals surface area contributed by atoms with Crippen molar-refractivity contribution in [2.45, 2.75) is 32.4 Å². The Morgan fingerprint density at radius 2 is 2.00 bits per heavy atom. The van der Waals surface area contributed by atoms with Gasteiger partial charge in [0.25, 0.3) is 0 Å². The van der Waals surface area contributed by atoms with E-state index in [1.54, 1.807) is 4.90 Å². The number of nitrogens with zero attached hydrogens (tertiary/aromatic N) is 2. The number of carbonyl (C=O) groups is 2. The molecule has 2 aromatic rings. The van der Waals surface area contributed by atoms with E-state index in [4.69, 9.17) is 0 Å². The maximum Gasteiger partial charge on any atom is 0.308 e. The molecule has 1 aromatic carbocycles. The monoisotopic (exact) mass is 300 g/mol. The number of hydrogen-bond donors (Lipinski definition) is 1. The number of hydrogen-bond acceptors (Lipinski definition) is 2. The van der Waals surface area contributed by atoms with Crippen LogP contribution >= 0.6 is 0 Å². The van der Waals surface area contributed by atoms with Gasteiger partial charge in [0.1, 0.15) is 6.54 Å². The number of carbonyl (C=O) groups excluding carboxylic acids is 1. The Hall–Kier alpha value is -2.30. The van der Waals surface area contributed by atoms with Gasteiger partial charge in [-0.15, -0.1) is 0 Å². The quantitative estimate of drug-likeness (QED) is 0.946. The number of piperidine rings is 1. The maximum absolute atomic E-state index is 12.6. The summed E-state index contributed by atoms with van der Waals surface area (Å²) in [6, 6.07) is 10.0. The second kappa shape index (κ2) is 5.83. The van der Waals surface area contributed by atoms with Crippen molar-refractivity contribution in [1.82, 2.24) is 9.47 Å². The van der Waals surface area contributed by atoms with Gasteiger partial charge in [-0.2, -0.15) is 0 Å². The van der Waals surface area contributed by atoms with Gasteiger partial charge < -0.3 is 14.6 Å². The van der Waals surface area contributed by atoms with Crippen LogP contribution in [0.4, 0.5) is 0 Å². The summed E-state index contributed by atoms with van der Waals surface area (Å²) < 4.78 is 1.93. The van der Waals surface area contributed by atoms with Crippen LogP contribution in [-0.4, -0.2) is 39.0 Å². The van der Waals surface area contributed by atoms with E-state index in [9.17, 15) is 14.7 Å². The number of carboxylic acids is 1. The molecule has 2 unspecified atom stereocenters. The smallest absolute Gasteiger partial charge is 0.308 e. The Labute approximate surface area is 129 Å². The molecule has 1 N–H and O–H groups in total. The van der Waals surface area contributed by atoms with E-state index in [0.29, 0.717) is 13.0 Å². The first-order valence-corrected chi connectivity index (χ1v) is 7.62. The number of benzene rings is 1. The summed E-state index contributed by atoms with van der Waals surface area (Å²) in [7, 11) is 0. The van der Waals surface area contributed by atoms with Crippen LogP contribution in [0.3, 0.4) is 0 Å². The zero-order valence-electron chi connectivity index (χ0n) is 12.6. The van der Waals surface area contributed by atoms with Crippen LogP contribution in [-0.2, 0) is 16.1 Å². The molecular formula is C17H20N2O3. The van der Waals surface area contributed by atoms with Crippen molar-refractivity contribution < 1.29 is 14.7 Å². The summed E-state index contributed by atoms with van der Waals surface area (Å²) in [6.07, 6.45) is 3.30. The topological polar surface area (TPSA) is 62.5 Å². The lowest BCUT2D eigenvalue weighted by molar-refractivity contribution is -0.147. The average Bonchev–Trinajstić information content (AvgIpc) is 2.90. The van der Waals surface area contributed by atoms with Gasteiger partial charge in [-0.05, 0) is 37.3 Å². The minimum Gasteiger partial charge on any atom is -0.481 e. The first-order valence-electron chi connectivity index (χ1n) is 7.62. The fraction of sp³-hybridized carbons (Fsp3) is 0.412. The van der Waals surface area contributed by atoms with Crippen LogP contribution in [0.1, 0.15) is 19.8 Å². The van der Waals surface area contributed by atoms with E-state index in [1.807, 2.05) is 48.0 Å². The molecule has 2 atom stereocenters. The number of para-hydroxylation sites is 1. The molecule has 1 aromatic heterocycles. The Morgan fingerprint density at radius 1 is 1.23 bits per heavy atom. The van der Waals surface area contributed by atoms with Gasteiger partial charge in [-0.25, -0.2) is 0 Å². The third-order valence-corrected chi connectivity index (χ3v) is 4.54. The predicted molar refractivity (Wildman–Crippen MR) is 83.5 cm³/mol. The number of fused-ring (bicyclic) bond motifs is 1. The van der Waals surface area contributed by atoms with Crippen LogP contribution < -0.4 is 0 Å². The summed E-state index contributed by atoms with van der Waals surface area (Å²) in [6.45, 7) is 2.56. The number of carboxylic acid groups (broad SMARTS) is 1. The van der Waals surface area contributed by atoms with Crippen molar-refractivity contribution in [3.05, 3.63) is 36.5 Å². The van der Waals surface area contributed by atoms with Crippen molar-refractivity contribution in [2.24, 2.45) is 5.92 Å². The molecule has 0 saturated carbocycles. The van der Waals surface area contributed by atoms with Crippen molar-refractivity contribution in [3.63, 3.8) is 0 Å². The third-order valence-electron chi connectivity index (χ3n) is 4.54. The van der Waals surface area contributed by atoms with E-state index in [2.05, 4.69) is 0 Å². The average molecular weight is 300 g/mol. The van der Waals surface area contributed by atoms with Crippen LogP contribution in [0.5, 0.6) is 0 Å². The summed E-state index contributed by atoms with van der Waals surface area (Å²) in [4.78, 5) is 25.5. The lowest BCUT2D eigenvalue weighted by Crippen LogP contribution is -2.48. The summed E-state index contributed by atoms with van der Waals surface area (Å²) >= 11 is 0. The molecule has 1 saturated heterocycles. The van der Waals surface area contributed by atoms with Gasteiger partial charge in [0.2, 0.25) is 5.91 Å². The standard InChI is InChI=1S/C17H20N2O3/c1-12-6-7-14(17(21)22)10-19(12)16(20)11-18-9-8-13-4-2-3-5-15(13)18/h2-5,8-9,12,14H,6-7,10-11H2,1H3,(H,21,22). The van der Waals surface area contributed by atoms with E-state index in [0.717, 1.165) is 17.3 Å². The van der Waals surface area contributed by atoms with E-state index in [-0.39, 0.29) is 18.5 Å². The zero-order valence-corrected chi connectivity index (χ0v) is 12.6. The number of aliphatic carboxylic acids is 1. The Morgan fingerprint density at radius 3 is 2.77 bits per heavy atom. The highest BCUT2D eigenvalue weighted by atomic mass is 16.4. The van der Waals surface area contributed by atoms with Crippen LogP contribution in [0.25, 0.3) is 10.9 Å². The molecule has 0 aliphatic carbocycles. The molecule has 1 aliphatic heterocycles. The SMILES string of the molecule is CC1CCC(C(=O)O)CN1C(=O)Cn1ccc2ccccc21. The fourth-order valence-electron chi connectivity index (χ4n) is 3.17. The predicted octanol–water partition coefficient (Wildman–Crippen LogP) is 2.35. The molecule has 0 bridgehead atoms. The highest BCUT2D eigenvalue weighted by molar-refractivity contribution is 5.83. The minimum absolute atomic E-state index is 0.0141. The van der Waals surface area contributed by atoms with Crippen molar-refractivity contribution in [1.29, 1.82) is 0 Å². The maximum atomic E-state index is 12.6. The third kappa shape index (κ3) is 2.71. The van der Waals surface area contributed by atoms with E-state index >= 15 is 0 Å². The second-order valence-corrected chi connectivity index (χ2v) is 6.01. The molecule has 1 fully saturated rings. The van der Waals surface area contributed by atoms with Gasteiger partial charge in [-0.1, -0.05) is 18.2 Å². The number of amides is 1. The van der Waals surface area contributed by atoms with Crippen LogP contribution in [0, 0.1) is 5.92 Å². The molecule has 5 heteroatoms. The van der Waals surface area contributed by atoms with Gasteiger partial charge in [0, 0.05) is 24.3 Å². The summed E-state index contributed by atoms with van der Waals surface area (Å²) in [5.74, 6) is -1.27. The highest BCUT2D eigenvalue weighted by Crippen LogP contribution is 2.23. The van der Waals surface area contributed by atoms with E-state index in [1.165, 1.54) is 0 Å². The normalized spacial score (nSPS) is 22.0. The van der Waals surface area contributed by atoms with E-state index < -0.39 is 11.9 Å². The van der Waals surface area contributed by atoms with Crippen LogP contribution in [0.15, 0.2) is 36.5 Å². The number of rotatable bonds is 3. The largest absolute Gasteiger partial charge is 0.481 e. The van der Waals surface area contributed by atoms with Gasteiger partial charge >= 0.3 is 5.97 Å². The number of likely N-dealkylation sites (tertiary alicyclic amines) is 1. The Kier molecular flexibility index (Phi) is 3.88. The first kappa shape index (κ1) is 14.6. The lowest BCUT2D eigenvalue weighted by Gasteiger charge is -2.36. The molecule has 1 aliphatic rings. The fourth-order valence-corrected chi connectivity index (χ4v) is 3.17. The van der Waals surface area contributed by atoms with Gasteiger partial charge in [0.05, 0.1) is 5.92 Å². The minimum atomic E-state index is -0.809. The van der Waals surface area contributed by atoms with Crippen molar-refractivity contribution in [3.8, 4) is 0 Å². The Balaban J connectivity index is 1.77. The van der Waals surface area contributed by atoms with Crippen molar-refractivity contribution >= 4 is 22.8 Å². The molecule has 116 valence electrons. The second-order valence-electron chi connectivity index (χ2n) is 6.01. The molecule has 5 nitrogen and oxygen atoms in total. The highest BCUT2D eigenvalue weighted by Gasteiger charge is 2.32. The summed E-state index contributed by atoms with van der Waals surface area (Å²) in [5, 5.41) is 10.3. The molecule has 0 spiro atoms. The molecule has 22 heavy (non-hydrogen) atoms. The zero-order chi connectivity index (χ0) is 15.7. The first-order chi connectivity index (χ1) is 10.6.